The van der Waals surface area contributed by atoms with Crippen LogP contribution in [0, 0.1) is 0 Å². The standard InChI is InChI=1S/C18H13Cl4N2PS/c19-15-8-6-12(10-17(15)21)23-25(26,14-4-2-1-3-5-14)24-13-7-9-16(20)18(22)11-13/h1-11H,(H2,23,24,26). The van der Waals surface area contributed by atoms with Crippen LogP contribution in [0.5, 0.6) is 0 Å². The number of benzene rings is 3. The Kier molecular flexibility index (Phi) is 6.40. The summed E-state index contributed by atoms with van der Waals surface area (Å²) in [5, 5.41) is 9.70. The van der Waals surface area contributed by atoms with E-state index >= 15 is 0 Å². The van der Waals surface area contributed by atoms with E-state index in [1.165, 1.54) is 0 Å². The van der Waals surface area contributed by atoms with Gasteiger partial charge in [0.15, 0.2) is 0 Å². The molecule has 26 heavy (non-hydrogen) atoms. The lowest BCUT2D eigenvalue weighted by atomic mass is 10.3. The van der Waals surface area contributed by atoms with E-state index in [0.717, 1.165) is 16.7 Å². The second-order valence-corrected chi connectivity index (χ2v) is 10.9. The Hall–Kier alpha value is -0.930. The Morgan fingerprint density at radius 3 is 1.50 bits per heavy atom. The summed E-state index contributed by atoms with van der Waals surface area (Å²) >= 11 is 30.3. The predicted octanol–water partition coefficient (Wildman–Crippen LogP) is 7.46. The van der Waals surface area contributed by atoms with Crippen molar-refractivity contribution in [3.05, 3.63) is 86.8 Å². The molecule has 0 fully saturated rings. The highest BCUT2D eigenvalue weighted by Crippen LogP contribution is 2.46. The molecule has 0 saturated carbocycles. The van der Waals surface area contributed by atoms with Gasteiger partial charge in [-0.2, -0.15) is 0 Å². The van der Waals surface area contributed by atoms with Crippen LogP contribution < -0.4 is 15.5 Å². The topological polar surface area (TPSA) is 24.1 Å². The maximum atomic E-state index is 6.14. The Balaban J connectivity index is 2.00. The van der Waals surface area contributed by atoms with Crippen LogP contribution in [0.3, 0.4) is 0 Å². The fraction of sp³-hybridized carbons (Fsp3) is 0. The quantitative estimate of drug-likeness (QED) is 0.385. The smallest absolute Gasteiger partial charge is 0.148 e. The van der Waals surface area contributed by atoms with Crippen LogP contribution in [0.1, 0.15) is 0 Å². The van der Waals surface area contributed by atoms with Gasteiger partial charge in [-0.3, -0.25) is 0 Å². The Morgan fingerprint density at radius 2 is 1.08 bits per heavy atom. The van der Waals surface area contributed by atoms with E-state index < -0.39 is 6.34 Å². The molecule has 0 saturated heterocycles. The van der Waals surface area contributed by atoms with Gasteiger partial charge in [-0.25, -0.2) is 0 Å². The normalized spacial score (nSPS) is 11.2. The molecule has 0 bridgehead atoms. The van der Waals surface area contributed by atoms with Gasteiger partial charge in [0, 0.05) is 16.7 Å². The molecule has 2 N–H and O–H groups in total. The number of hydrogen-bond donors (Lipinski definition) is 2. The third kappa shape index (κ3) is 4.67. The zero-order valence-electron chi connectivity index (χ0n) is 13.2. The molecule has 0 aromatic heterocycles. The minimum atomic E-state index is -2.46. The molecule has 0 aliphatic carbocycles. The molecule has 0 aliphatic rings. The Bertz CT molecular complexity index is 925. The maximum absolute atomic E-state index is 6.14. The summed E-state index contributed by atoms with van der Waals surface area (Å²) in [5.74, 6) is 0. The number of hydrogen-bond acceptors (Lipinski definition) is 1. The Labute approximate surface area is 177 Å². The molecule has 134 valence electrons. The zero-order valence-corrected chi connectivity index (χ0v) is 18.0. The van der Waals surface area contributed by atoms with Gasteiger partial charge in [-0.15, -0.1) is 0 Å². The summed E-state index contributed by atoms with van der Waals surface area (Å²) in [6.07, 6.45) is -2.46. The van der Waals surface area contributed by atoms with Gasteiger partial charge in [-0.05, 0) is 48.2 Å². The van der Waals surface area contributed by atoms with Gasteiger partial charge in [0.2, 0.25) is 0 Å². The van der Waals surface area contributed by atoms with Crippen molar-refractivity contribution in [3.63, 3.8) is 0 Å². The highest BCUT2D eigenvalue weighted by atomic mass is 35.5. The molecule has 0 spiro atoms. The van der Waals surface area contributed by atoms with Crippen LogP contribution in [0.2, 0.25) is 20.1 Å². The minimum absolute atomic E-state index is 0.459. The maximum Gasteiger partial charge on any atom is 0.148 e. The molecule has 3 rings (SSSR count). The van der Waals surface area contributed by atoms with Crippen molar-refractivity contribution in [2.75, 3.05) is 10.2 Å². The van der Waals surface area contributed by atoms with E-state index in [4.69, 9.17) is 58.2 Å². The molecule has 0 atom stereocenters. The highest BCUT2D eigenvalue weighted by molar-refractivity contribution is 8.19. The van der Waals surface area contributed by atoms with Crippen molar-refractivity contribution < 1.29 is 0 Å². The first-order chi connectivity index (χ1) is 12.4. The second kappa shape index (κ2) is 8.39. The van der Waals surface area contributed by atoms with E-state index in [2.05, 4.69) is 10.2 Å². The summed E-state index contributed by atoms with van der Waals surface area (Å²) in [7, 11) is 0. The molecule has 3 aromatic rings. The fourth-order valence-corrected chi connectivity index (χ4v) is 5.80. The summed E-state index contributed by atoms with van der Waals surface area (Å²) in [6.45, 7) is 0. The molecule has 8 heteroatoms. The van der Waals surface area contributed by atoms with E-state index in [-0.39, 0.29) is 0 Å². The summed E-state index contributed by atoms with van der Waals surface area (Å²) in [5.41, 5.74) is 1.55. The molecule has 2 nitrogen and oxygen atoms in total. The first-order valence-corrected chi connectivity index (χ1v) is 11.8. The van der Waals surface area contributed by atoms with Crippen LogP contribution in [0.15, 0.2) is 66.7 Å². The average molecular weight is 462 g/mol. The van der Waals surface area contributed by atoms with Crippen molar-refractivity contribution >= 4 is 81.2 Å². The number of nitrogens with one attached hydrogen (secondary N) is 2. The van der Waals surface area contributed by atoms with Gasteiger partial charge >= 0.3 is 0 Å². The van der Waals surface area contributed by atoms with Gasteiger partial charge in [0.1, 0.15) is 6.34 Å². The monoisotopic (exact) mass is 460 g/mol. The third-order valence-electron chi connectivity index (χ3n) is 3.53. The van der Waals surface area contributed by atoms with Crippen LogP contribution >= 0.6 is 52.7 Å². The first kappa shape index (κ1) is 19.8. The van der Waals surface area contributed by atoms with Crippen molar-refractivity contribution in [1.29, 1.82) is 0 Å². The molecular formula is C18H13Cl4N2PS. The van der Waals surface area contributed by atoms with Crippen molar-refractivity contribution in [2.24, 2.45) is 0 Å². The van der Waals surface area contributed by atoms with E-state index in [1.807, 2.05) is 42.5 Å². The molecule has 0 aliphatic heterocycles. The molecule has 0 heterocycles. The lowest BCUT2D eigenvalue weighted by Crippen LogP contribution is -2.17. The summed E-state index contributed by atoms with van der Waals surface area (Å²) in [4.78, 5) is 0. The fourth-order valence-electron chi connectivity index (χ4n) is 2.29. The van der Waals surface area contributed by atoms with Gasteiger partial charge in [0.25, 0.3) is 0 Å². The first-order valence-electron chi connectivity index (χ1n) is 7.50. The minimum Gasteiger partial charge on any atom is -0.339 e. The van der Waals surface area contributed by atoms with Crippen LogP contribution in [-0.4, -0.2) is 0 Å². The van der Waals surface area contributed by atoms with Gasteiger partial charge in [-0.1, -0.05) is 76.7 Å². The van der Waals surface area contributed by atoms with Crippen LogP contribution in [0.4, 0.5) is 11.4 Å². The van der Waals surface area contributed by atoms with E-state index in [0.29, 0.717) is 20.1 Å². The van der Waals surface area contributed by atoms with E-state index in [1.54, 1.807) is 24.3 Å². The predicted molar refractivity (Wildman–Crippen MR) is 121 cm³/mol. The number of halogens is 4. The van der Waals surface area contributed by atoms with Gasteiger partial charge < -0.3 is 10.2 Å². The second-order valence-electron chi connectivity index (χ2n) is 5.43. The summed E-state index contributed by atoms with van der Waals surface area (Å²) < 4.78 is 0. The lowest BCUT2D eigenvalue weighted by molar-refractivity contribution is 1.63. The number of anilines is 2. The van der Waals surface area contributed by atoms with Crippen molar-refractivity contribution in [1.82, 2.24) is 0 Å². The molecular weight excluding hydrogens is 449 g/mol. The SMILES string of the molecule is S=P(Nc1ccc(Cl)c(Cl)c1)(Nc1ccc(Cl)c(Cl)c1)c1ccccc1. The van der Waals surface area contributed by atoms with Gasteiger partial charge in [0.05, 0.1) is 20.1 Å². The third-order valence-corrected chi connectivity index (χ3v) is 8.36. The average Bonchev–Trinajstić information content (AvgIpc) is 2.62. The Morgan fingerprint density at radius 1 is 0.615 bits per heavy atom. The van der Waals surface area contributed by atoms with E-state index in [9.17, 15) is 0 Å². The van der Waals surface area contributed by atoms with Crippen LogP contribution in [0.25, 0.3) is 0 Å². The molecule has 0 amide bonds. The van der Waals surface area contributed by atoms with Crippen LogP contribution in [-0.2, 0) is 11.8 Å². The summed E-state index contributed by atoms with van der Waals surface area (Å²) in [6, 6.07) is 20.5. The lowest BCUT2D eigenvalue weighted by Gasteiger charge is -2.27. The molecule has 3 aromatic carbocycles. The highest BCUT2D eigenvalue weighted by Gasteiger charge is 2.20. The molecule has 0 unspecified atom stereocenters. The number of rotatable bonds is 5. The largest absolute Gasteiger partial charge is 0.339 e. The molecule has 0 radical (unpaired) electrons. The van der Waals surface area contributed by atoms with Crippen molar-refractivity contribution in [3.8, 4) is 0 Å². The zero-order chi connectivity index (χ0) is 18.7. The van der Waals surface area contributed by atoms with Crippen molar-refractivity contribution in [2.45, 2.75) is 0 Å².